The Kier molecular flexibility index (Phi) is 9.48. The molecular formula is C32H26BrIN4O2S. The molecule has 0 radical (unpaired) electrons. The van der Waals surface area contributed by atoms with Gasteiger partial charge in [-0.05, 0) is 99.9 Å². The number of carbonyl (C=O) groups is 1. The number of rotatable bonds is 9. The van der Waals surface area contributed by atoms with Crippen LogP contribution >= 0.6 is 49.9 Å². The van der Waals surface area contributed by atoms with Crippen LogP contribution in [0, 0.1) is 17.4 Å². The van der Waals surface area contributed by atoms with Crippen LogP contribution in [-0.4, -0.2) is 17.1 Å². The fourth-order valence-corrected chi connectivity index (χ4v) is 6.50. The summed E-state index contributed by atoms with van der Waals surface area (Å²) in [7, 11) is 0. The quantitative estimate of drug-likeness (QED) is 0.0901. The van der Waals surface area contributed by atoms with E-state index < -0.39 is 0 Å². The summed E-state index contributed by atoms with van der Waals surface area (Å²) in [6, 6.07) is 27.6. The van der Waals surface area contributed by atoms with Crippen molar-refractivity contribution >= 4 is 72.8 Å². The Balaban J connectivity index is 1.16. The van der Waals surface area contributed by atoms with E-state index in [0.717, 1.165) is 47.0 Å². The minimum atomic E-state index is -0.292. The number of nitrogens with zero attached hydrogens (tertiary/aromatic N) is 2. The van der Waals surface area contributed by atoms with Crippen molar-refractivity contribution < 1.29 is 9.53 Å². The fraction of sp³-hybridized carbons (Fsp3) is 0.0938. The summed E-state index contributed by atoms with van der Waals surface area (Å²) in [5, 5.41) is 10.3. The van der Waals surface area contributed by atoms with E-state index in [0.29, 0.717) is 12.2 Å². The highest BCUT2D eigenvalue weighted by Gasteiger charge is 2.11. The third kappa shape index (κ3) is 7.81. The van der Waals surface area contributed by atoms with Gasteiger partial charge < -0.3 is 10.1 Å². The maximum absolute atomic E-state index is 12.7. The lowest BCUT2D eigenvalue weighted by atomic mass is 10.1. The molecule has 1 heterocycles. The number of halogens is 2. The number of nitrogens with one attached hydrogen (secondary N) is 2. The van der Waals surface area contributed by atoms with Crippen LogP contribution < -0.4 is 15.5 Å². The second-order valence-electron chi connectivity index (χ2n) is 9.40. The van der Waals surface area contributed by atoms with Gasteiger partial charge in [0.05, 0.1) is 20.0 Å². The third-order valence-corrected chi connectivity index (χ3v) is 8.26. The maximum Gasteiger partial charge on any atom is 0.271 e. The Bertz CT molecular complexity index is 1680. The molecule has 1 amide bonds. The molecule has 0 unspecified atom stereocenters. The van der Waals surface area contributed by atoms with Crippen molar-refractivity contribution in [2.24, 2.45) is 5.10 Å². The largest absolute Gasteiger partial charge is 0.487 e. The van der Waals surface area contributed by atoms with E-state index in [1.54, 1.807) is 18.3 Å². The Hall–Kier alpha value is -3.54. The van der Waals surface area contributed by atoms with Crippen molar-refractivity contribution in [1.29, 1.82) is 0 Å². The molecule has 0 aliphatic heterocycles. The first-order valence-electron chi connectivity index (χ1n) is 12.7. The standard InChI is InChI=1S/C32H26BrIN4O2S/c1-20-6-12-26(13-7-20)36-32-37-29(19-41-32)24-8-10-25(11-9-24)31(39)38-35-17-23-15-27(33)30(28(34)16-23)40-18-22-5-3-4-21(2)14-22/h3-17,19H,18H2,1-2H3,(H,36,37)(H,38,39)/b35-17-. The summed E-state index contributed by atoms with van der Waals surface area (Å²) >= 11 is 7.38. The number of aromatic nitrogens is 1. The monoisotopic (exact) mass is 736 g/mol. The van der Waals surface area contributed by atoms with E-state index >= 15 is 0 Å². The summed E-state index contributed by atoms with van der Waals surface area (Å²) < 4.78 is 7.82. The highest BCUT2D eigenvalue weighted by molar-refractivity contribution is 14.1. The molecule has 4 aromatic carbocycles. The molecule has 0 spiro atoms. The highest BCUT2D eigenvalue weighted by atomic mass is 127. The Morgan fingerprint density at radius 2 is 1.80 bits per heavy atom. The number of amides is 1. The molecule has 2 N–H and O–H groups in total. The van der Waals surface area contributed by atoms with Crippen LogP contribution in [0.3, 0.4) is 0 Å². The summed E-state index contributed by atoms with van der Waals surface area (Å²) in [5.41, 5.74) is 10.2. The van der Waals surface area contributed by atoms with Crippen molar-refractivity contribution in [2.75, 3.05) is 5.32 Å². The summed E-state index contributed by atoms with van der Waals surface area (Å²) in [4.78, 5) is 17.3. The minimum absolute atomic E-state index is 0.292. The number of hydrazone groups is 1. The molecular weight excluding hydrogens is 711 g/mol. The van der Waals surface area contributed by atoms with Gasteiger partial charge in [-0.2, -0.15) is 5.10 Å². The zero-order valence-corrected chi connectivity index (χ0v) is 26.9. The van der Waals surface area contributed by atoms with E-state index in [9.17, 15) is 4.79 Å². The number of aryl methyl sites for hydroxylation is 2. The zero-order chi connectivity index (χ0) is 28.8. The van der Waals surface area contributed by atoms with Gasteiger partial charge in [-0.3, -0.25) is 4.79 Å². The highest BCUT2D eigenvalue weighted by Crippen LogP contribution is 2.32. The van der Waals surface area contributed by atoms with Gasteiger partial charge in [-0.25, -0.2) is 10.4 Å². The number of anilines is 2. The molecule has 0 aliphatic rings. The van der Waals surface area contributed by atoms with Crippen LogP contribution in [0.2, 0.25) is 0 Å². The number of hydrogen-bond acceptors (Lipinski definition) is 6. The number of hydrogen-bond donors (Lipinski definition) is 2. The van der Waals surface area contributed by atoms with E-state index in [-0.39, 0.29) is 5.91 Å². The predicted molar refractivity (Wildman–Crippen MR) is 179 cm³/mol. The molecule has 0 aliphatic carbocycles. The molecule has 5 rings (SSSR count). The number of thiazole rings is 1. The number of ether oxygens (including phenoxy) is 1. The smallest absolute Gasteiger partial charge is 0.271 e. The Labute approximate surface area is 265 Å². The second kappa shape index (κ2) is 13.4. The van der Waals surface area contributed by atoms with Crippen LogP contribution in [-0.2, 0) is 6.61 Å². The SMILES string of the molecule is Cc1ccc(Nc2nc(-c3ccc(C(=O)N/N=C\c4cc(Br)c(OCc5cccc(C)c5)c(I)c4)cc3)cs2)cc1. The van der Waals surface area contributed by atoms with Crippen molar-refractivity contribution in [1.82, 2.24) is 10.4 Å². The van der Waals surface area contributed by atoms with Crippen molar-refractivity contribution in [3.8, 4) is 17.0 Å². The number of benzene rings is 4. The summed E-state index contributed by atoms with van der Waals surface area (Å²) in [6.07, 6.45) is 1.61. The number of carbonyl (C=O) groups excluding carboxylic acids is 1. The Morgan fingerprint density at radius 1 is 1.02 bits per heavy atom. The molecule has 0 bridgehead atoms. The van der Waals surface area contributed by atoms with E-state index in [4.69, 9.17) is 4.74 Å². The molecule has 0 atom stereocenters. The van der Waals surface area contributed by atoms with Gasteiger partial charge in [0, 0.05) is 22.2 Å². The molecule has 0 fully saturated rings. The van der Waals surface area contributed by atoms with E-state index in [1.807, 2.05) is 53.9 Å². The Morgan fingerprint density at radius 3 is 2.54 bits per heavy atom. The predicted octanol–water partition coefficient (Wildman–Crippen LogP) is 8.88. The van der Waals surface area contributed by atoms with Gasteiger partial charge in [0.25, 0.3) is 5.91 Å². The molecule has 6 nitrogen and oxygen atoms in total. The second-order valence-corrected chi connectivity index (χ2v) is 12.3. The average Bonchev–Trinajstić information content (AvgIpc) is 3.42. The lowest BCUT2D eigenvalue weighted by Crippen LogP contribution is -2.17. The van der Waals surface area contributed by atoms with Crippen LogP contribution in [0.25, 0.3) is 11.3 Å². The lowest BCUT2D eigenvalue weighted by Gasteiger charge is -2.12. The van der Waals surface area contributed by atoms with Crippen LogP contribution in [0.15, 0.2) is 99.9 Å². The van der Waals surface area contributed by atoms with Gasteiger partial charge >= 0.3 is 0 Å². The molecule has 206 valence electrons. The first-order chi connectivity index (χ1) is 19.8. The summed E-state index contributed by atoms with van der Waals surface area (Å²) in [6.45, 7) is 4.60. The molecule has 0 saturated heterocycles. The van der Waals surface area contributed by atoms with E-state index in [2.05, 4.69) is 97.5 Å². The van der Waals surface area contributed by atoms with Gasteiger partial charge in [-0.15, -0.1) is 11.3 Å². The van der Waals surface area contributed by atoms with Crippen LogP contribution in [0.5, 0.6) is 5.75 Å². The lowest BCUT2D eigenvalue weighted by molar-refractivity contribution is 0.0955. The minimum Gasteiger partial charge on any atom is -0.487 e. The summed E-state index contributed by atoms with van der Waals surface area (Å²) in [5.74, 6) is 0.478. The van der Waals surface area contributed by atoms with Crippen LogP contribution in [0.4, 0.5) is 10.8 Å². The van der Waals surface area contributed by atoms with Gasteiger partial charge in [0.1, 0.15) is 12.4 Å². The van der Waals surface area contributed by atoms with Gasteiger partial charge in [0.2, 0.25) is 0 Å². The zero-order valence-electron chi connectivity index (χ0n) is 22.3. The fourth-order valence-electron chi connectivity index (χ4n) is 4.00. The normalized spacial score (nSPS) is 11.0. The van der Waals surface area contributed by atoms with Crippen molar-refractivity contribution in [3.05, 3.63) is 126 Å². The first kappa shape index (κ1) is 29.0. The maximum atomic E-state index is 12.7. The molecule has 9 heteroatoms. The first-order valence-corrected chi connectivity index (χ1v) is 15.5. The topological polar surface area (TPSA) is 75.6 Å². The average molecular weight is 737 g/mol. The van der Waals surface area contributed by atoms with E-state index in [1.165, 1.54) is 22.5 Å². The molecule has 41 heavy (non-hydrogen) atoms. The third-order valence-electron chi connectivity index (χ3n) is 6.12. The molecule has 0 saturated carbocycles. The molecule has 1 aromatic heterocycles. The van der Waals surface area contributed by atoms with Gasteiger partial charge in [0.15, 0.2) is 5.13 Å². The van der Waals surface area contributed by atoms with Crippen molar-refractivity contribution in [3.63, 3.8) is 0 Å². The van der Waals surface area contributed by atoms with Crippen molar-refractivity contribution in [2.45, 2.75) is 20.5 Å². The molecule has 5 aromatic rings. The van der Waals surface area contributed by atoms with Gasteiger partial charge in [-0.1, -0.05) is 59.7 Å². The van der Waals surface area contributed by atoms with Crippen LogP contribution in [0.1, 0.15) is 32.6 Å².